The van der Waals surface area contributed by atoms with Crippen molar-refractivity contribution in [1.82, 2.24) is 9.78 Å². The lowest BCUT2D eigenvalue weighted by atomic mass is 10.1. The third-order valence-electron chi connectivity index (χ3n) is 6.05. The first-order chi connectivity index (χ1) is 19.0. The van der Waals surface area contributed by atoms with E-state index in [2.05, 4.69) is 5.32 Å². The Kier molecular flexibility index (Phi) is 7.41. The van der Waals surface area contributed by atoms with Crippen molar-refractivity contribution >= 4 is 23.5 Å². The molecule has 1 amide bonds. The lowest BCUT2D eigenvalue weighted by molar-refractivity contribution is 0.102. The fourth-order valence-corrected chi connectivity index (χ4v) is 4.01. The van der Waals surface area contributed by atoms with Crippen LogP contribution in [0, 0.1) is 5.82 Å². The third-order valence-corrected chi connectivity index (χ3v) is 6.05. The molecule has 1 heterocycles. The lowest BCUT2D eigenvalue weighted by Crippen LogP contribution is -2.12. The fraction of sp³-hybridized carbons (Fsp3) is 0.0312. The Hall–Kier alpha value is -5.30. The van der Waals surface area contributed by atoms with Crippen LogP contribution in [0.3, 0.4) is 0 Å². The summed E-state index contributed by atoms with van der Waals surface area (Å²) in [5.74, 6) is -0.316. The number of halogens is 1. The van der Waals surface area contributed by atoms with Crippen molar-refractivity contribution < 1.29 is 18.7 Å². The van der Waals surface area contributed by atoms with Crippen LogP contribution in [-0.2, 0) is 0 Å². The molecule has 5 rings (SSSR count). The minimum absolute atomic E-state index is 0.235. The molecule has 0 saturated heterocycles. The predicted octanol–water partition coefficient (Wildman–Crippen LogP) is 6.84. The number of nitrogens with one attached hydrogen (secondary N) is 1. The number of rotatable bonds is 8. The second-order valence-electron chi connectivity index (χ2n) is 8.68. The quantitative estimate of drug-likeness (QED) is 0.181. The molecule has 0 atom stereocenters. The van der Waals surface area contributed by atoms with E-state index in [9.17, 15) is 14.0 Å². The predicted molar refractivity (Wildman–Crippen MR) is 150 cm³/mol. The number of amides is 1. The van der Waals surface area contributed by atoms with Gasteiger partial charge in [-0.05, 0) is 84.9 Å². The molecule has 0 aliphatic rings. The Bertz CT molecular complexity index is 1640. The largest absolute Gasteiger partial charge is 0.497 e. The van der Waals surface area contributed by atoms with Gasteiger partial charge in [-0.15, -0.1) is 0 Å². The molecule has 1 N–H and O–H groups in total. The number of carbonyl (C=O) groups is 2. The maximum Gasteiger partial charge on any atom is 0.255 e. The summed E-state index contributed by atoms with van der Waals surface area (Å²) in [5.41, 5.74) is 4.42. The van der Waals surface area contributed by atoms with E-state index in [4.69, 9.17) is 9.84 Å². The zero-order valence-corrected chi connectivity index (χ0v) is 21.0. The molecule has 4 aromatic carbocycles. The molecule has 6 nitrogen and oxygen atoms in total. The van der Waals surface area contributed by atoms with Gasteiger partial charge in [0.2, 0.25) is 0 Å². The summed E-state index contributed by atoms with van der Waals surface area (Å²) in [5, 5.41) is 7.53. The van der Waals surface area contributed by atoms with E-state index in [-0.39, 0.29) is 5.78 Å². The van der Waals surface area contributed by atoms with E-state index in [0.29, 0.717) is 22.5 Å². The third kappa shape index (κ3) is 5.99. The van der Waals surface area contributed by atoms with Crippen LogP contribution in [0.25, 0.3) is 23.0 Å². The molecule has 1 aromatic heterocycles. The van der Waals surface area contributed by atoms with Crippen LogP contribution in [0.15, 0.2) is 115 Å². The highest BCUT2D eigenvalue weighted by Crippen LogP contribution is 2.27. The van der Waals surface area contributed by atoms with E-state index >= 15 is 0 Å². The van der Waals surface area contributed by atoms with Crippen molar-refractivity contribution in [3.05, 3.63) is 138 Å². The van der Waals surface area contributed by atoms with Gasteiger partial charge in [0.25, 0.3) is 5.91 Å². The standard InChI is InChI=1S/C32H24FN3O3/c1-39-29-17-12-22(13-18-29)31-25(21-36(35-31)28-8-3-2-4-9-28)14-19-30(37)24-6-5-7-27(20-24)34-32(38)23-10-15-26(33)16-11-23/h2-21H,1H3,(H,34,38)/b19-14+. The summed E-state index contributed by atoms with van der Waals surface area (Å²) < 4.78 is 20.2. The summed E-state index contributed by atoms with van der Waals surface area (Å²) in [4.78, 5) is 25.6. The molecule has 192 valence electrons. The summed E-state index contributed by atoms with van der Waals surface area (Å²) in [6.07, 6.45) is 5.09. The Morgan fingerprint density at radius 1 is 0.872 bits per heavy atom. The average Bonchev–Trinajstić information content (AvgIpc) is 3.41. The molecule has 0 radical (unpaired) electrons. The van der Waals surface area contributed by atoms with Gasteiger partial charge in [0.15, 0.2) is 5.78 Å². The number of aromatic nitrogens is 2. The number of ether oxygens (including phenoxy) is 1. The van der Waals surface area contributed by atoms with Crippen molar-refractivity contribution in [2.75, 3.05) is 12.4 Å². The molecule has 7 heteroatoms. The Labute approximate surface area is 225 Å². The molecule has 0 aliphatic heterocycles. The number of allylic oxidation sites excluding steroid dienone is 1. The number of hydrogen-bond donors (Lipinski definition) is 1. The van der Waals surface area contributed by atoms with Crippen LogP contribution in [0.2, 0.25) is 0 Å². The van der Waals surface area contributed by atoms with Crippen molar-refractivity contribution in [2.24, 2.45) is 0 Å². The number of benzene rings is 4. The minimum Gasteiger partial charge on any atom is -0.497 e. The number of methoxy groups -OCH3 is 1. The first kappa shape index (κ1) is 25.4. The van der Waals surface area contributed by atoms with Crippen LogP contribution in [0.1, 0.15) is 26.3 Å². The summed E-state index contributed by atoms with van der Waals surface area (Å²) in [6.45, 7) is 0. The Morgan fingerprint density at radius 2 is 1.62 bits per heavy atom. The highest BCUT2D eigenvalue weighted by atomic mass is 19.1. The number of ketones is 1. The first-order valence-electron chi connectivity index (χ1n) is 12.2. The van der Waals surface area contributed by atoms with Crippen LogP contribution in [0.4, 0.5) is 10.1 Å². The molecule has 0 unspecified atom stereocenters. The van der Waals surface area contributed by atoms with Gasteiger partial charge in [0.05, 0.1) is 18.5 Å². The maximum absolute atomic E-state index is 13.2. The second-order valence-corrected chi connectivity index (χ2v) is 8.68. The molecule has 0 fully saturated rings. The van der Waals surface area contributed by atoms with E-state index in [0.717, 1.165) is 22.6 Å². The van der Waals surface area contributed by atoms with Crippen LogP contribution in [-0.4, -0.2) is 28.6 Å². The number of carbonyl (C=O) groups excluding carboxylic acids is 2. The average molecular weight is 518 g/mol. The van der Waals surface area contributed by atoms with Crippen LogP contribution < -0.4 is 10.1 Å². The van der Waals surface area contributed by atoms with Crippen molar-refractivity contribution in [2.45, 2.75) is 0 Å². The van der Waals surface area contributed by atoms with Gasteiger partial charge in [0.1, 0.15) is 11.6 Å². The van der Waals surface area contributed by atoms with Gasteiger partial charge >= 0.3 is 0 Å². The SMILES string of the molecule is COc1ccc(-c2nn(-c3ccccc3)cc2/C=C/C(=O)c2cccc(NC(=O)c3ccc(F)cc3)c2)cc1. The van der Waals surface area contributed by atoms with Gasteiger partial charge in [-0.1, -0.05) is 30.3 Å². The van der Waals surface area contributed by atoms with Crippen molar-refractivity contribution in [3.8, 4) is 22.7 Å². The molecular weight excluding hydrogens is 493 g/mol. The number of hydrogen-bond acceptors (Lipinski definition) is 4. The zero-order valence-electron chi connectivity index (χ0n) is 21.0. The summed E-state index contributed by atoms with van der Waals surface area (Å²) >= 11 is 0. The van der Waals surface area contributed by atoms with Crippen molar-refractivity contribution in [3.63, 3.8) is 0 Å². The molecule has 5 aromatic rings. The summed E-state index contributed by atoms with van der Waals surface area (Å²) in [7, 11) is 1.61. The minimum atomic E-state index is -0.421. The highest BCUT2D eigenvalue weighted by Gasteiger charge is 2.13. The van der Waals surface area contributed by atoms with E-state index in [1.54, 1.807) is 42.1 Å². The molecule has 39 heavy (non-hydrogen) atoms. The number of anilines is 1. The van der Waals surface area contributed by atoms with Gasteiger partial charge in [0, 0.05) is 34.1 Å². The van der Waals surface area contributed by atoms with Crippen molar-refractivity contribution in [1.29, 1.82) is 0 Å². The van der Waals surface area contributed by atoms with E-state index < -0.39 is 11.7 Å². The lowest BCUT2D eigenvalue weighted by Gasteiger charge is -2.06. The summed E-state index contributed by atoms with van der Waals surface area (Å²) in [6, 6.07) is 29.2. The number of para-hydroxylation sites is 1. The normalized spacial score (nSPS) is 10.9. The Balaban J connectivity index is 1.40. The molecule has 0 saturated carbocycles. The molecule has 0 spiro atoms. The van der Waals surface area contributed by atoms with Crippen LogP contribution >= 0.6 is 0 Å². The molecular formula is C32H24FN3O3. The van der Waals surface area contributed by atoms with Gasteiger partial charge < -0.3 is 10.1 Å². The molecule has 0 aliphatic carbocycles. The fourth-order valence-electron chi connectivity index (χ4n) is 4.01. The first-order valence-corrected chi connectivity index (χ1v) is 12.2. The van der Waals surface area contributed by atoms with Crippen LogP contribution in [0.5, 0.6) is 5.75 Å². The highest BCUT2D eigenvalue weighted by molar-refractivity contribution is 6.09. The van der Waals surface area contributed by atoms with E-state index in [1.807, 2.05) is 60.8 Å². The van der Waals surface area contributed by atoms with Gasteiger partial charge in [-0.3, -0.25) is 9.59 Å². The van der Waals surface area contributed by atoms with Gasteiger partial charge in [-0.25, -0.2) is 9.07 Å². The monoisotopic (exact) mass is 517 g/mol. The number of nitrogens with zero attached hydrogens (tertiary/aromatic N) is 2. The Morgan fingerprint density at radius 3 is 2.33 bits per heavy atom. The topological polar surface area (TPSA) is 73.2 Å². The second kappa shape index (κ2) is 11.4. The smallest absolute Gasteiger partial charge is 0.255 e. The maximum atomic E-state index is 13.2. The van der Waals surface area contributed by atoms with E-state index in [1.165, 1.54) is 30.3 Å². The zero-order chi connectivity index (χ0) is 27.2. The van der Waals surface area contributed by atoms with Gasteiger partial charge in [-0.2, -0.15) is 5.10 Å². The molecule has 0 bridgehead atoms.